The van der Waals surface area contributed by atoms with E-state index in [2.05, 4.69) is 27.1 Å². The minimum atomic E-state index is 0.331. The van der Waals surface area contributed by atoms with Gasteiger partial charge in [-0.15, -0.1) is 0 Å². The van der Waals surface area contributed by atoms with E-state index in [1.54, 1.807) is 0 Å². The molecule has 1 aliphatic carbocycles. The van der Waals surface area contributed by atoms with E-state index in [4.69, 9.17) is 0 Å². The summed E-state index contributed by atoms with van der Waals surface area (Å²) in [4.78, 5) is 19.0. The first-order valence-corrected chi connectivity index (χ1v) is 8.94. The zero-order valence-corrected chi connectivity index (χ0v) is 14.4. The summed E-state index contributed by atoms with van der Waals surface area (Å²) in [5.74, 6) is 3.08. The third-order valence-corrected chi connectivity index (χ3v) is 5.06. The molecule has 1 aromatic heterocycles. The lowest BCUT2D eigenvalue weighted by Crippen LogP contribution is -2.41. The third kappa shape index (κ3) is 4.21. The number of likely N-dealkylation sites (tertiary alicyclic amines) is 1. The average molecular weight is 316 g/mol. The van der Waals surface area contributed by atoms with E-state index >= 15 is 0 Å². The number of nitrogens with zero attached hydrogens (tertiary/aromatic N) is 4. The van der Waals surface area contributed by atoms with Gasteiger partial charge in [-0.1, -0.05) is 12.2 Å². The predicted molar refractivity (Wildman–Crippen MR) is 89.9 cm³/mol. The van der Waals surface area contributed by atoms with Gasteiger partial charge < -0.3 is 4.90 Å². The number of allylic oxidation sites excluding steroid dienone is 2. The van der Waals surface area contributed by atoms with Crippen molar-refractivity contribution in [2.75, 3.05) is 13.1 Å². The molecular formula is C18H28N4O. The van der Waals surface area contributed by atoms with Crippen LogP contribution in [0.4, 0.5) is 0 Å². The van der Waals surface area contributed by atoms with Gasteiger partial charge in [-0.2, -0.15) is 5.10 Å². The maximum Gasteiger partial charge on any atom is 0.223 e. The molecule has 0 N–H and O–H groups in total. The first-order valence-electron chi connectivity index (χ1n) is 8.94. The second-order valence-corrected chi connectivity index (χ2v) is 7.06. The lowest BCUT2D eigenvalue weighted by atomic mass is 9.91. The second-order valence-electron chi connectivity index (χ2n) is 7.06. The van der Waals surface area contributed by atoms with E-state index < -0.39 is 0 Å². The van der Waals surface area contributed by atoms with Crippen molar-refractivity contribution in [1.29, 1.82) is 0 Å². The number of piperidine rings is 1. The van der Waals surface area contributed by atoms with E-state index in [9.17, 15) is 4.79 Å². The number of aryl methyl sites for hydroxylation is 2. The van der Waals surface area contributed by atoms with Crippen LogP contribution in [0.1, 0.15) is 50.2 Å². The molecular weight excluding hydrogens is 288 g/mol. The minimum Gasteiger partial charge on any atom is -0.342 e. The molecule has 1 amide bonds. The third-order valence-electron chi connectivity index (χ3n) is 5.06. The summed E-state index contributed by atoms with van der Waals surface area (Å²) in [6, 6.07) is 0. The molecule has 1 aliphatic heterocycles. The van der Waals surface area contributed by atoms with Gasteiger partial charge in [0.15, 0.2) is 0 Å². The van der Waals surface area contributed by atoms with Crippen LogP contribution in [0.5, 0.6) is 0 Å². The fourth-order valence-corrected chi connectivity index (χ4v) is 3.83. The van der Waals surface area contributed by atoms with Gasteiger partial charge in [0.1, 0.15) is 11.6 Å². The molecule has 1 saturated heterocycles. The van der Waals surface area contributed by atoms with Crippen LogP contribution in [-0.2, 0) is 11.3 Å². The SMILES string of the molecule is Cc1nc(C)n(C[C@@H]2CCCN(C(=O)C[C@H]3C=CCCC3)C2)n1. The standard InChI is InChI=1S/C18H28N4O/c1-14-19-15(2)22(20-14)13-17-9-6-10-21(12-17)18(23)11-16-7-4-3-5-8-16/h4,7,16-17H,3,5-6,8-13H2,1-2H3/t16-,17+/m0/s1. The molecule has 126 valence electrons. The van der Waals surface area contributed by atoms with Crippen LogP contribution in [0.15, 0.2) is 12.2 Å². The van der Waals surface area contributed by atoms with Crippen molar-refractivity contribution in [2.45, 2.75) is 58.9 Å². The number of hydrogen-bond donors (Lipinski definition) is 0. The summed E-state index contributed by atoms with van der Waals surface area (Å²) < 4.78 is 2.00. The smallest absolute Gasteiger partial charge is 0.223 e. The zero-order valence-electron chi connectivity index (χ0n) is 14.4. The molecule has 0 saturated carbocycles. The molecule has 2 atom stereocenters. The van der Waals surface area contributed by atoms with Gasteiger partial charge >= 0.3 is 0 Å². The number of carbonyl (C=O) groups is 1. The molecule has 0 bridgehead atoms. The maximum absolute atomic E-state index is 12.6. The highest BCUT2D eigenvalue weighted by molar-refractivity contribution is 5.76. The van der Waals surface area contributed by atoms with E-state index in [1.807, 2.05) is 18.5 Å². The highest BCUT2D eigenvalue weighted by atomic mass is 16.2. The molecule has 5 heteroatoms. The Labute approximate surface area is 138 Å². The molecule has 1 aromatic rings. The Bertz CT molecular complexity index is 578. The fourth-order valence-electron chi connectivity index (χ4n) is 3.83. The number of aromatic nitrogens is 3. The molecule has 3 rings (SSSR count). The van der Waals surface area contributed by atoms with E-state index in [-0.39, 0.29) is 0 Å². The van der Waals surface area contributed by atoms with Crippen LogP contribution < -0.4 is 0 Å². The van der Waals surface area contributed by atoms with Crippen LogP contribution in [0.25, 0.3) is 0 Å². The summed E-state index contributed by atoms with van der Waals surface area (Å²) >= 11 is 0. The monoisotopic (exact) mass is 316 g/mol. The van der Waals surface area contributed by atoms with Gasteiger partial charge in [0.2, 0.25) is 5.91 Å². The molecule has 0 unspecified atom stereocenters. The Hall–Kier alpha value is -1.65. The lowest BCUT2D eigenvalue weighted by molar-refractivity contribution is -0.133. The summed E-state index contributed by atoms with van der Waals surface area (Å²) in [5, 5.41) is 4.46. The van der Waals surface area contributed by atoms with Gasteiger partial charge in [0.25, 0.3) is 0 Å². The molecule has 5 nitrogen and oxygen atoms in total. The lowest BCUT2D eigenvalue weighted by Gasteiger charge is -2.33. The Morgan fingerprint density at radius 1 is 1.30 bits per heavy atom. The van der Waals surface area contributed by atoms with Crippen LogP contribution in [0, 0.1) is 25.7 Å². The molecule has 2 heterocycles. The topological polar surface area (TPSA) is 51.0 Å². The van der Waals surface area contributed by atoms with Gasteiger partial charge in [-0.25, -0.2) is 9.67 Å². The van der Waals surface area contributed by atoms with Crippen LogP contribution in [-0.4, -0.2) is 38.7 Å². The predicted octanol–water partition coefficient (Wildman–Crippen LogP) is 2.88. The maximum atomic E-state index is 12.6. The first-order chi connectivity index (χ1) is 11.1. The van der Waals surface area contributed by atoms with E-state index in [0.29, 0.717) is 24.2 Å². The van der Waals surface area contributed by atoms with Gasteiger partial charge in [0, 0.05) is 26.1 Å². The normalized spacial score (nSPS) is 24.9. The summed E-state index contributed by atoms with van der Waals surface area (Å²) in [5.41, 5.74) is 0. The highest BCUT2D eigenvalue weighted by Crippen LogP contribution is 2.24. The Balaban J connectivity index is 1.55. The van der Waals surface area contributed by atoms with Crippen molar-refractivity contribution < 1.29 is 4.79 Å². The molecule has 2 aliphatic rings. The average Bonchev–Trinajstić information content (AvgIpc) is 2.86. The fraction of sp³-hybridized carbons (Fsp3) is 0.722. The van der Waals surface area contributed by atoms with E-state index in [1.165, 1.54) is 19.3 Å². The van der Waals surface area contributed by atoms with Crippen molar-refractivity contribution in [1.82, 2.24) is 19.7 Å². The van der Waals surface area contributed by atoms with Gasteiger partial charge in [-0.05, 0) is 57.8 Å². The first kappa shape index (κ1) is 16.2. The Morgan fingerprint density at radius 2 is 2.17 bits per heavy atom. The number of amides is 1. The summed E-state index contributed by atoms with van der Waals surface area (Å²) in [7, 11) is 0. The molecule has 0 radical (unpaired) electrons. The van der Waals surface area contributed by atoms with Crippen molar-refractivity contribution in [3.63, 3.8) is 0 Å². The molecule has 23 heavy (non-hydrogen) atoms. The number of hydrogen-bond acceptors (Lipinski definition) is 3. The minimum absolute atomic E-state index is 0.331. The van der Waals surface area contributed by atoms with Gasteiger partial charge in [0.05, 0.1) is 0 Å². The number of rotatable bonds is 4. The largest absolute Gasteiger partial charge is 0.342 e. The second kappa shape index (κ2) is 7.28. The van der Waals surface area contributed by atoms with Crippen molar-refractivity contribution >= 4 is 5.91 Å². The van der Waals surface area contributed by atoms with Crippen LogP contribution in [0.2, 0.25) is 0 Å². The van der Waals surface area contributed by atoms with Crippen LogP contribution in [0.3, 0.4) is 0 Å². The van der Waals surface area contributed by atoms with Gasteiger partial charge in [-0.3, -0.25) is 4.79 Å². The van der Waals surface area contributed by atoms with Crippen molar-refractivity contribution in [3.05, 3.63) is 23.8 Å². The van der Waals surface area contributed by atoms with Crippen molar-refractivity contribution in [3.8, 4) is 0 Å². The van der Waals surface area contributed by atoms with Crippen molar-refractivity contribution in [2.24, 2.45) is 11.8 Å². The number of carbonyl (C=O) groups excluding carboxylic acids is 1. The molecule has 0 spiro atoms. The van der Waals surface area contributed by atoms with Crippen LogP contribution >= 0.6 is 0 Å². The highest BCUT2D eigenvalue weighted by Gasteiger charge is 2.26. The Morgan fingerprint density at radius 3 is 2.87 bits per heavy atom. The molecule has 1 fully saturated rings. The van der Waals surface area contributed by atoms with E-state index in [0.717, 1.165) is 44.1 Å². The summed E-state index contributed by atoms with van der Waals surface area (Å²) in [6.07, 6.45) is 11.0. The Kier molecular flexibility index (Phi) is 5.13. The zero-order chi connectivity index (χ0) is 16.2. The summed E-state index contributed by atoms with van der Waals surface area (Å²) in [6.45, 7) is 6.59. The molecule has 0 aromatic carbocycles. The quantitative estimate of drug-likeness (QED) is 0.803.